The first kappa shape index (κ1) is 21.3. The average Bonchev–Trinajstić information content (AvgIpc) is 3.10. The van der Waals surface area contributed by atoms with Gasteiger partial charge in [0.05, 0.1) is 12.5 Å². The molecule has 4 rings (SSSR count). The average molecular weight is 423 g/mol. The molecule has 164 valence electrons. The Morgan fingerprint density at radius 1 is 1.03 bits per heavy atom. The number of likely N-dealkylation sites (tertiary alicyclic amines) is 1. The highest BCUT2D eigenvalue weighted by atomic mass is 16.5. The molecule has 31 heavy (non-hydrogen) atoms. The lowest BCUT2D eigenvalue weighted by Gasteiger charge is -2.33. The van der Waals surface area contributed by atoms with Gasteiger partial charge < -0.3 is 14.5 Å². The molecule has 2 amide bonds. The minimum absolute atomic E-state index is 0.00930. The van der Waals surface area contributed by atoms with Crippen LogP contribution in [0.5, 0.6) is 6.01 Å². The fraction of sp³-hybridized carbons (Fsp3) is 0.500. The van der Waals surface area contributed by atoms with Crippen molar-refractivity contribution in [1.29, 1.82) is 0 Å². The maximum atomic E-state index is 13.2. The summed E-state index contributed by atoms with van der Waals surface area (Å²) >= 11 is 0. The number of benzene rings is 1. The number of piperidine rings is 1. The van der Waals surface area contributed by atoms with Gasteiger partial charge in [0.15, 0.2) is 0 Å². The molecule has 1 aromatic heterocycles. The second-order valence-corrected chi connectivity index (χ2v) is 8.77. The molecular weight excluding hydrogens is 392 g/mol. The van der Waals surface area contributed by atoms with Gasteiger partial charge in [-0.05, 0) is 69.9 Å². The molecule has 2 unspecified atom stereocenters. The zero-order chi connectivity index (χ0) is 22.1. The predicted molar refractivity (Wildman–Crippen MR) is 118 cm³/mol. The highest BCUT2D eigenvalue weighted by molar-refractivity contribution is 6.00. The number of aromatic nitrogens is 2. The third kappa shape index (κ3) is 4.70. The van der Waals surface area contributed by atoms with E-state index in [1.807, 2.05) is 49.9 Å². The Morgan fingerprint density at radius 3 is 2.48 bits per heavy atom. The van der Waals surface area contributed by atoms with Crippen LogP contribution in [0.2, 0.25) is 0 Å². The number of hydrogen-bond acceptors (Lipinski definition) is 5. The number of rotatable bonds is 4. The van der Waals surface area contributed by atoms with Crippen LogP contribution in [-0.2, 0) is 9.59 Å². The molecule has 0 radical (unpaired) electrons. The number of amides is 2. The maximum Gasteiger partial charge on any atom is 0.317 e. The molecule has 7 nitrogen and oxygen atoms in total. The maximum absolute atomic E-state index is 13.2. The van der Waals surface area contributed by atoms with E-state index in [0.717, 1.165) is 35.5 Å². The molecule has 3 heterocycles. The van der Waals surface area contributed by atoms with Crippen molar-refractivity contribution in [3.8, 4) is 6.01 Å². The van der Waals surface area contributed by atoms with Crippen LogP contribution in [0.15, 0.2) is 24.3 Å². The van der Waals surface area contributed by atoms with Crippen molar-refractivity contribution in [1.82, 2.24) is 14.9 Å². The lowest BCUT2D eigenvalue weighted by molar-refractivity contribution is -0.138. The molecule has 0 spiro atoms. The molecule has 2 aromatic rings. The van der Waals surface area contributed by atoms with Gasteiger partial charge in [-0.2, -0.15) is 0 Å². The van der Waals surface area contributed by atoms with Gasteiger partial charge in [0.2, 0.25) is 11.8 Å². The summed E-state index contributed by atoms with van der Waals surface area (Å²) in [6, 6.07) is 8.28. The van der Waals surface area contributed by atoms with E-state index in [1.54, 1.807) is 4.90 Å². The van der Waals surface area contributed by atoms with Gasteiger partial charge in [0, 0.05) is 36.6 Å². The van der Waals surface area contributed by atoms with Crippen LogP contribution in [0.1, 0.15) is 41.8 Å². The van der Waals surface area contributed by atoms with Crippen molar-refractivity contribution in [3.05, 3.63) is 46.8 Å². The standard InChI is InChI=1S/C24H30N4O3/c1-15-7-8-20(10-16(15)2)28-13-19(12-22(28)29)23(30)27-9-5-6-21(14-27)31-24-25-17(3)11-18(4)26-24/h7-8,10-11,19,21H,5-6,9,12-14H2,1-4H3. The number of aryl methyl sites for hydroxylation is 4. The van der Waals surface area contributed by atoms with Crippen LogP contribution in [0, 0.1) is 33.6 Å². The summed E-state index contributed by atoms with van der Waals surface area (Å²) in [5.41, 5.74) is 4.93. The minimum atomic E-state index is -0.315. The number of carbonyl (C=O) groups is 2. The number of nitrogens with zero attached hydrogens (tertiary/aromatic N) is 4. The number of hydrogen-bond donors (Lipinski definition) is 0. The third-order valence-electron chi connectivity index (χ3n) is 6.20. The Morgan fingerprint density at radius 2 is 1.77 bits per heavy atom. The first-order valence-corrected chi connectivity index (χ1v) is 11.0. The first-order valence-electron chi connectivity index (χ1n) is 11.0. The van der Waals surface area contributed by atoms with E-state index in [4.69, 9.17) is 4.74 Å². The van der Waals surface area contributed by atoms with Gasteiger partial charge in [-0.1, -0.05) is 6.07 Å². The summed E-state index contributed by atoms with van der Waals surface area (Å²) in [4.78, 5) is 38.2. The zero-order valence-corrected chi connectivity index (χ0v) is 18.7. The van der Waals surface area contributed by atoms with E-state index in [1.165, 1.54) is 5.56 Å². The summed E-state index contributed by atoms with van der Waals surface area (Å²) in [6.45, 7) is 9.55. The first-order chi connectivity index (χ1) is 14.8. The Kier molecular flexibility index (Phi) is 5.94. The largest absolute Gasteiger partial charge is 0.458 e. The van der Waals surface area contributed by atoms with E-state index < -0.39 is 0 Å². The summed E-state index contributed by atoms with van der Waals surface area (Å²) < 4.78 is 6.00. The predicted octanol–water partition coefficient (Wildman–Crippen LogP) is 3.13. The summed E-state index contributed by atoms with van der Waals surface area (Å²) in [7, 11) is 0. The van der Waals surface area contributed by atoms with Crippen molar-refractivity contribution >= 4 is 17.5 Å². The molecule has 2 fully saturated rings. The van der Waals surface area contributed by atoms with Crippen LogP contribution in [0.3, 0.4) is 0 Å². The highest BCUT2D eigenvalue weighted by Crippen LogP contribution is 2.29. The zero-order valence-electron chi connectivity index (χ0n) is 18.7. The normalized spacial score (nSPS) is 21.5. The number of carbonyl (C=O) groups excluding carboxylic acids is 2. The molecule has 7 heteroatoms. The van der Waals surface area contributed by atoms with Gasteiger partial charge in [-0.25, -0.2) is 9.97 Å². The van der Waals surface area contributed by atoms with Gasteiger partial charge in [0.25, 0.3) is 0 Å². The van der Waals surface area contributed by atoms with Crippen molar-refractivity contribution in [3.63, 3.8) is 0 Å². The van der Waals surface area contributed by atoms with Crippen molar-refractivity contribution in [2.24, 2.45) is 5.92 Å². The molecular formula is C24H30N4O3. The SMILES string of the molecule is Cc1cc(C)nc(OC2CCCN(C(=O)C3CC(=O)N(c4ccc(C)c(C)c4)C3)C2)n1. The molecule has 2 aliphatic rings. The molecule has 2 atom stereocenters. The van der Waals surface area contributed by atoms with Crippen LogP contribution >= 0.6 is 0 Å². The summed E-state index contributed by atoms with van der Waals surface area (Å²) in [6.07, 6.45) is 1.85. The van der Waals surface area contributed by atoms with Gasteiger partial charge in [0.1, 0.15) is 6.10 Å². The van der Waals surface area contributed by atoms with Gasteiger partial charge in [-0.15, -0.1) is 0 Å². The summed E-state index contributed by atoms with van der Waals surface area (Å²) in [5, 5.41) is 0. The van der Waals surface area contributed by atoms with Gasteiger partial charge in [-0.3, -0.25) is 9.59 Å². The van der Waals surface area contributed by atoms with Crippen molar-refractivity contribution in [2.75, 3.05) is 24.5 Å². The molecule has 2 aliphatic heterocycles. The quantitative estimate of drug-likeness (QED) is 0.757. The monoisotopic (exact) mass is 422 g/mol. The van der Waals surface area contributed by atoms with Crippen LogP contribution in [0.4, 0.5) is 5.69 Å². The van der Waals surface area contributed by atoms with E-state index in [0.29, 0.717) is 25.6 Å². The smallest absolute Gasteiger partial charge is 0.317 e. The molecule has 0 saturated carbocycles. The lowest BCUT2D eigenvalue weighted by Crippen LogP contribution is -2.47. The van der Waals surface area contributed by atoms with Gasteiger partial charge >= 0.3 is 6.01 Å². The second kappa shape index (κ2) is 8.65. The Bertz CT molecular complexity index is 986. The molecule has 2 saturated heterocycles. The second-order valence-electron chi connectivity index (χ2n) is 8.77. The van der Waals surface area contributed by atoms with Crippen molar-refractivity contribution < 1.29 is 14.3 Å². The Balaban J connectivity index is 1.40. The topological polar surface area (TPSA) is 75.6 Å². The molecule has 0 bridgehead atoms. The molecule has 0 aliphatic carbocycles. The van der Waals surface area contributed by atoms with E-state index in [9.17, 15) is 9.59 Å². The van der Waals surface area contributed by atoms with E-state index in [2.05, 4.69) is 16.9 Å². The lowest BCUT2D eigenvalue weighted by atomic mass is 10.0. The van der Waals surface area contributed by atoms with Crippen LogP contribution in [0.25, 0.3) is 0 Å². The minimum Gasteiger partial charge on any atom is -0.458 e. The Hall–Kier alpha value is -2.96. The van der Waals surface area contributed by atoms with Crippen molar-refractivity contribution in [2.45, 2.75) is 53.1 Å². The number of ether oxygens (including phenoxy) is 1. The molecule has 0 N–H and O–H groups in total. The molecule has 1 aromatic carbocycles. The van der Waals surface area contributed by atoms with Crippen LogP contribution < -0.4 is 9.64 Å². The highest BCUT2D eigenvalue weighted by Gasteiger charge is 2.38. The fourth-order valence-corrected chi connectivity index (χ4v) is 4.40. The van der Waals surface area contributed by atoms with E-state index in [-0.39, 0.29) is 30.3 Å². The number of anilines is 1. The van der Waals surface area contributed by atoms with Crippen LogP contribution in [-0.4, -0.2) is 52.4 Å². The summed E-state index contributed by atoms with van der Waals surface area (Å²) in [5.74, 6) is -0.269. The fourth-order valence-electron chi connectivity index (χ4n) is 4.40. The van der Waals surface area contributed by atoms with E-state index >= 15 is 0 Å². The Labute approximate surface area is 183 Å². The third-order valence-corrected chi connectivity index (χ3v) is 6.20.